The number of hydrogen-bond acceptors (Lipinski definition) is 6. The maximum atomic E-state index is 12.6. The van der Waals surface area contributed by atoms with Crippen molar-refractivity contribution in [1.29, 1.82) is 0 Å². The van der Waals surface area contributed by atoms with Gasteiger partial charge in [0.15, 0.2) is 11.5 Å². The number of nitrogens with one attached hydrogen (secondary N) is 2. The predicted molar refractivity (Wildman–Crippen MR) is 140 cm³/mol. The van der Waals surface area contributed by atoms with Gasteiger partial charge in [-0.1, -0.05) is 12.1 Å². The summed E-state index contributed by atoms with van der Waals surface area (Å²) in [5, 5.41) is 5.57. The van der Waals surface area contributed by atoms with Gasteiger partial charge < -0.3 is 16.4 Å². The molecular formula is C27H23N7O2. The second-order valence-electron chi connectivity index (χ2n) is 8.20. The maximum absolute atomic E-state index is 12.6. The Bertz CT molecular complexity index is 1560. The van der Waals surface area contributed by atoms with Crippen LogP contribution in [0.25, 0.3) is 28.2 Å². The number of imidazole rings is 1. The average molecular weight is 478 g/mol. The second-order valence-corrected chi connectivity index (χ2v) is 8.20. The Hall–Kier alpha value is -5.05. The van der Waals surface area contributed by atoms with Crippen molar-refractivity contribution in [3.05, 3.63) is 90.8 Å². The highest BCUT2D eigenvalue weighted by atomic mass is 16.2. The van der Waals surface area contributed by atoms with E-state index in [0.717, 1.165) is 16.8 Å². The molecule has 0 atom stereocenters. The van der Waals surface area contributed by atoms with Gasteiger partial charge in [-0.15, -0.1) is 0 Å². The molecule has 2 amide bonds. The molecule has 0 saturated heterocycles. The molecule has 0 unspecified atom stereocenters. The molecule has 2 aromatic carbocycles. The highest BCUT2D eigenvalue weighted by molar-refractivity contribution is 5.93. The van der Waals surface area contributed by atoms with Gasteiger partial charge >= 0.3 is 0 Å². The Morgan fingerprint density at radius 2 is 1.53 bits per heavy atom. The van der Waals surface area contributed by atoms with Crippen LogP contribution in [0.4, 0.5) is 17.2 Å². The van der Waals surface area contributed by atoms with Crippen LogP contribution in [0, 0.1) is 0 Å². The zero-order valence-corrected chi connectivity index (χ0v) is 19.5. The van der Waals surface area contributed by atoms with Crippen molar-refractivity contribution in [2.75, 3.05) is 16.4 Å². The molecule has 0 saturated carbocycles. The van der Waals surface area contributed by atoms with E-state index < -0.39 is 0 Å². The minimum atomic E-state index is -0.147. The van der Waals surface area contributed by atoms with Gasteiger partial charge in [0.2, 0.25) is 11.8 Å². The van der Waals surface area contributed by atoms with Gasteiger partial charge in [-0.3, -0.25) is 14.2 Å². The van der Waals surface area contributed by atoms with E-state index in [1.807, 2.05) is 53.1 Å². The Morgan fingerprint density at radius 3 is 2.22 bits per heavy atom. The lowest BCUT2D eigenvalue weighted by Gasteiger charge is -2.11. The molecule has 0 bridgehead atoms. The van der Waals surface area contributed by atoms with Crippen LogP contribution in [-0.2, 0) is 16.0 Å². The third kappa shape index (κ3) is 4.76. The lowest BCUT2D eigenvalue weighted by Crippen LogP contribution is -2.14. The van der Waals surface area contributed by atoms with Crippen molar-refractivity contribution >= 4 is 40.2 Å². The topological polar surface area (TPSA) is 128 Å². The van der Waals surface area contributed by atoms with Crippen LogP contribution >= 0.6 is 0 Å². The number of nitrogens with two attached hydrogens (primary N) is 1. The third-order valence-electron chi connectivity index (χ3n) is 5.54. The minimum Gasteiger partial charge on any atom is -0.383 e. The van der Waals surface area contributed by atoms with Crippen LogP contribution < -0.4 is 16.4 Å². The van der Waals surface area contributed by atoms with Crippen LogP contribution in [0.3, 0.4) is 0 Å². The number of amides is 2. The Balaban J connectivity index is 1.37. The van der Waals surface area contributed by atoms with E-state index in [1.165, 1.54) is 6.92 Å². The molecule has 0 aliphatic rings. The number of carbonyl (C=O) groups is 2. The van der Waals surface area contributed by atoms with Crippen molar-refractivity contribution in [3.8, 4) is 17.1 Å². The van der Waals surface area contributed by atoms with Crippen molar-refractivity contribution < 1.29 is 9.59 Å². The summed E-state index contributed by atoms with van der Waals surface area (Å²) in [7, 11) is 0. The number of nitrogen functional groups attached to an aromatic ring is 1. The number of aromatic nitrogens is 4. The van der Waals surface area contributed by atoms with Gasteiger partial charge in [0.05, 0.1) is 12.0 Å². The Labute approximate surface area is 207 Å². The summed E-state index contributed by atoms with van der Waals surface area (Å²) in [5.41, 5.74) is 11.3. The molecule has 3 aromatic heterocycles. The number of pyridine rings is 2. The summed E-state index contributed by atoms with van der Waals surface area (Å²) >= 11 is 0. The fourth-order valence-corrected chi connectivity index (χ4v) is 3.94. The first-order valence-electron chi connectivity index (χ1n) is 11.3. The van der Waals surface area contributed by atoms with E-state index in [4.69, 9.17) is 10.7 Å². The van der Waals surface area contributed by atoms with E-state index >= 15 is 0 Å². The largest absolute Gasteiger partial charge is 0.383 e. The number of nitrogens with zero attached hydrogens (tertiary/aromatic N) is 4. The highest BCUT2D eigenvalue weighted by Gasteiger charge is 2.17. The molecule has 0 fully saturated rings. The predicted octanol–water partition coefficient (Wildman–Crippen LogP) is 4.20. The summed E-state index contributed by atoms with van der Waals surface area (Å²) in [6.45, 7) is 1.45. The van der Waals surface area contributed by atoms with Crippen LogP contribution in [0.2, 0.25) is 0 Å². The highest BCUT2D eigenvalue weighted by Crippen LogP contribution is 2.30. The summed E-state index contributed by atoms with van der Waals surface area (Å²) in [4.78, 5) is 37.2. The molecule has 0 aliphatic carbocycles. The summed E-state index contributed by atoms with van der Waals surface area (Å²) in [5.74, 6) is 0.731. The molecule has 178 valence electrons. The number of anilines is 3. The summed E-state index contributed by atoms with van der Waals surface area (Å²) < 4.78 is 1.93. The normalized spacial score (nSPS) is 10.8. The molecular weight excluding hydrogens is 454 g/mol. The van der Waals surface area contributed by atoms with Crippen LogP contribution in [0.15, 0.2) is 85.2 Å². The fraction of sp³-hybridized carbons (Fsp3) is 0.0741. The molecule has 36 heavy (non-hydrogen) atoms. The third-order valence-corrected chi connectivity index (χ3v) is 5.54. The number of hydrogen-bond donors (Lipinski definition) is 3. The fourth-order valence-electron chi connectivity index (χ4n) is 3.94. The average Bonchev–Trinajstić information content (AvgIpc) is 3.25. The van der Waals surface area contributed by atoms with E-state index in [9.17, 15) is 9.59 Å². The minimum absolute atomic E-state index is 0.145. The first-order valence-corrected chi connectivity index (χ1v) is 11.3. The van der Waals surface area contributed by atoms with Crippen LogP contribution in [0.5, 0.6) is 0 Å². The molecule has 4 N–H and O–H groups in total. The van der Waals surface area contributed by atoms with E-state index in [-0.39, 0.29) is 18.2 Å². The maximum Gasteiger partial charge on any atom is 0.228 e. The van der Waals surface area contributed by atoms with E-state index in [0.29, 0.717) is 34.2 Å². The number of benzene rings is 2. The van der Waals surface area contributed by atoms with Gasteiger partial charge in [-0.05, 0) is 66.2 Å². The van der Waals surface area contributed by atoms with Crippen molar-refractivity contribution in [2.24, 2.45) is 0 Å². The first-order chi connectivity index (χ1) is 17.5. The molecule has 3 heterocycles. The first kappa shape index (κ1) is 22.7. The quantitative estimate of drug-likeness (QED) is 0.336. The molecule has 9 nitrogen and oxygen atoms in total. The molecule has 5 aromatic rings. The zero-order chi connectivity index (χ0) is 25.1. The summed E-state index contributed by atoms with van der Waals surface area (Å²) in [6.07, 6.45) is 3.57. The molecule has 9 heteroatoms. The Morgan fingerprint density at radius 1 is 0.861 bits per heavy atom. The van der Waals surface area contributed by atoms with Crippen molar-refractivity contribution in [2.45, 2.75) is 13.3 Å². The van der Waals surface area contributed by atoms with Crippen molar-refractivity contribution in [3.63, 3.8) is 0 Å². The van der Waals surface area contributed by atoms with Gasteiger partial charge in [0.1, 0.15) is 11.3 Å². The lowest BCUT2D eigenvalue weighted by atomic mass is 10.1. The van der Waals surface area contributed by atoms with Gasteiger partial charge in [0.25, 0.3) is 0 Å². The van der Waals surface area contributed by atoms with Crippen molar-refractivity contribution in [1.82, 2.24) is 19.5 Å². The monoisotopic (exact) mass is 477 g/mol. The van der Waals surface area contributed by atoms with Crippen LogP contribution in [-0.4, -0.2) is 31.3 Å². The summed E-state index contributed by atoms with van der Waals surface area (Å²) in [6, 6.07) is 22.1. The smallest absolute Gasteiger partial charge is 0.228 e. The van der Waals surface area contributed by atoms with E-state index in [1.54, 1.807) is 36.7 Å². The van der Waals surface area contributed by atoms with Gasteiger partial charge in [-0.25, -0.2) is 15.0 Å². The van der Waals surface area contributed by atoms with E-state index in [2.05, 4.69) is 20.6 Å². The second kappa shape index (κ2) is 9.67. The molecule has 0 aliphatic heterocycles. The standard InChI is InChI=1S/C27H23N7O2/c1-17(35)31-19-8-10-20(11-9-19)32-24(36)16-18-6-12-21(13-7-18)34-26(22-4-2-14-29-25(22)28)33-23-5-3-15-30-27(23)34/h2-15H,16H2,1H3,(H2,28,29)(H,31,35)(H,32,36). The lowest BCUT2D eigenvalue weighted by molar-refractivity contribution is -0.116. The number of carbonyl (C=O) groups excluding carboxylic acids is 2. The van der Waals surface area contributed by atoms with Gasteiger partial charge in [-0.2, -0.15) is 0 Å². The Kier molecular flexibility index (Phi) is 6.10. The number of rotatable bonds is 6. The SMILES string of the molecule is CC(=O)Nc1ccc(NC(=O)Cc2ccc(-n3c(-c4cccnc4N)nc4cccnc43)cc2)cc1. The molecule has 5 rings (SSSR count). The van der Waals surface area contributed by atoms with Gasteiger partial charge in [0, 0.05) is 36.4 Å². The molecule has 0 radical (unpaired) electrons. The zero-order valence-electron chi connectivity index (χ0n) is 19.5. The molecule has 0 spiro atoms. The number of fused-ring (bicyclic) bond motifs is 1. The van der Waals surface area contributed by atoms with Crippen LogP contribution in [0.1, 0.15) is 12.5 Å².